The molecule has 0 bridgehead atoms. The number of carbonyl (C=O) groups is 1. The van der Waals surface area contributed by atoms with Crippen LogP contribution in [0, 0.1) is 9.75 Å². The second-order valence-corrected chi connectivity index (χ2v) is 5.40. The van der Waals surface area contributed by atoms with Crippen LogP contribution < -0.4 is 5.32 Å². The minimum Gasteiger partial charge on any atom is -0.326 e. The molecule has 1 heterocycles. The van der Waals surface area contributed by atoms with Gasteiger partial charge in [0.1, 0.15) is 0 Å². The van der Waals surface area contributed by atoms with Crippen LogP contribution in [0.1, 0.15) is 13.8 Å². The molecule has 0 aliphatic rings. The Morgan fingerprint density at radius 2 is 1.89 bits per heavy atom. The molecule has 2 aromatic rings. The summed E-state index contributed by atoms with van der Waals surface area (Å²) in [6.07, 6.45) is 1.73. The highest BCUT2D eigenvalue weighted by atomic mass is 127. The Labute approximate surface area is 125 Å². The number of benzene rings is 1. The third kappa shape index (κ3) is 3.73. The lowest BCUT2D eigenvalue weighted by atomic mass is 10.1. The number of nitrogens with one attached hydrogen (secondary N) is 1. The van der Waals surface area contributed by atoms with E-state index >= 15 is 0 Å². The molecule has 1 aromatic carbocycles. The summed E-state index contributed by atoms with van der Waals surface area (Å²) in [5.74, 6) is -0.00699. The van der Waals surface area contributed by atoms with Crippen molar-refractivity contribution in [1.29, 1.82) is 0 Å². The number of rotatable bonds is 3. The Kier molecular flexibility index (Phi) is 4.47. The SMILES string of the molecule is CC(C)C(=O)Nc1ccc(-c2ccnc(I)n2)cc1. The second kappa shape index (κ2) is 6.10. The van der Waals surface area contributed by atoms with Crippen LogP contribution >= 0.6 is 22.6 Å². The normalized spacial score (nSPS) is 10.5. The monoisotopic (exact) mass is 367 g/mol. The van der Waals surface area contributed by atoms with E-state index in [1.165, 1.54) is 0 Å². The smallest absolute Gasteiger partial charge is 0.226 e. The molecular formula is C14H14IN3O. The number of aromatic nitrogens is 2. The van der Waals surface area contributed by atoms with Crippen LogP contribution in [0.4, 0.5) is 5.69 Å². The lowest BCUT2D eigenvalue weighted by molar-refractivity contribution is -0.118. The van der Waals surface area contributed by atoms with Crippen LogP contribution in [-0.2, 0) is 4.79 Å². The number of carbonyl (C=O) groups excluding carboxylic acids is 1. The highest BCUT2D eigenvalue weighted by molar-refractivity contribution is 14.1. The summed E-state index contributed by atoms with van der Waals surface area (Å²) >= 11 is 2.08. The zero-order chi connectivity index (χ0) is 13.8. The zero-order valence-electron chi connectivity index (χ0n) is 10.7. The molecule has 19 heavy (non-hydrogen) atoms. The fraction of sp³-hybridized carbons (Fsp3) is 0.214. The van der Waals surface area contributed by atoms with E-state index in [0.29, 0.717) is 3.83 Å². The van der Waals surface area contributed by atoms with Gasteiger partial charge in [-0.3, -0.25) is 4.79 Å². The van der Waals surface area contributed by atoms with E-state index in [1.54, 1.807) is 6.20 Å². The first kappa shape index (κ1) is 13.9. The van der Waals surface area contributed by atoms with Crippen molar-refractivity contribution < 1.29 is 4.79 Å². The topological polar surface area (TPSA) is 54.9 Å². The molecule has 0 fully saturated rings. The Hall–Kier alpha value is -1.50. The van der Waals surface area contributed by atoms with Crippen LogP contribution in [0.2, 0.25) is 0 Å². The zero-order valence-corrected chi connectivity index (χ0v) is 12.9. The van der Waals surface area contributed by atoms with E-state index in [4.69, 9.17) is 0 Å². The molecule has 0 aliphatic heterocycles. The molecule has 1 aromatic heterocycles. The van der Waals surface area contributed by atoms with E-state index in [9.17, 15) is 4.79 Å². The molecule has 4 nitrogen and oxygen atoms in total. The van der Waals surface area contributed by atoms with Gasteiger partial charge in [-0.25, -0.2) is 9.97 Å². The minimum atomic E-state index is -0.0249. The summed E-state index contributed by atoms with van der Waals surface area (Å²) in [5, 5.41) is 2.86. The third-order valence-corrected chi connectivity index (χ3v) is 3.12. The highest BCUT2D eigenvalue weighted by Gasteiger charge is 2.07. The van der Waals surface area contributed by atoms with Crippen LogP contribution in [0.25, 0.3) is 11.3 Å². The largest absolute Gasteiger partial charge is 0.326 e. The molecule has 1 N–H and O–H groups in total. The van der Waals surface area contributed by atoms with Crippen molar-refractivity contribution in [2.45, 2.75) is 13.8 Å². The first-order chi connectivity index (χ1) is 9.06. The summed E-state index contributed by atoms with van der Waals surface area (Å²) in [6, 6.07) is 9.50. The van der Waals surface area contributed by atoms with E-state index in [1.807, 2.05) is 44.2 Å². The van der Waals surface area contributed by atoms with Crippen LogP contribution in [0.5, 0.6) is 0 Å². The average Bonchev–Trinajstić information content (AvgIpc) is 2.39. The maximum absolute atomic E-state index is 11.6. The summed E-state index contributed by atoms with van der Waals surface area (Å²) in [5.41, 5.74) is 2.68. The van der Waals surface area contributed by atoms with Crippen molar-refractivity contribution in [2.24, 2.45) is 5.92 Å². The third-order valence-electron chi connectivity index (χ3n) is 2.60. The van der Waals surface area contributed by atoms with Gasteiger partial charge in [0.15, 0.2) is 3.83 Å². The molecule has 0 radical (unpaired) electrons. The molecule has 0 saturated heterocycles. The molecule has 5 heteroatoms. The predicted molar refractivity (Wildman–Crippen MR) is 83.7 cm³/mol. The van der Waals surface area contributed by atoms with Crippen molar-refractivity contribution >= 4 is 34.2 Å². The number of halogens is 1. The average molecular weight is 367 g/mol. The van der Waals surface area contributed by atoms with Crippen LogP contribution in [0.3, 0.4) is 0 Å². The van der Waals surface area contributed by atoms with Gasteiger partial charge in [0.25, 0.3) is 0 Å². The molecular weight excluding hydrogens is 353 g/mol. The van der Waals surface area contributed by atoms with E-state index in [0.717, 1.165) is 16.9 Å². The van der Waals surface area contributed by atoms with E-state index in [2.05, 4.69) is 37.9 Å². The van der Waals surface area contributed by atoms with E-state index in [-0.39, 0.29) is 11.8 Å². The van der Waals surface area contributed by atoms with Gasteiger partial charge >= 0.3 is 0 Å². The fourth-order valence-electron chi connectivity index (χ4n) is 1.51. The second-order valence-electron chi connectivity index (χ2n) is 4.43. The van der Waals surface area contributed by atoms with Gasteiger partial charge in [-0.15, -0.1) is 0 Å². The molecule has 2 rings (SSSR count). The molecule has 0 spiro atoms. The van der Waals surface area contributed by atoms with Crippen molar-refractivity contribution in [1.82, 2.24) is 9.97 Å². The van der Waals surface area contributed by atoms with Crippen LogP contribution in [0.15, 0.2) is 36.5 Å². The Balaban J connectivity index is 2.17. The van der Waals surface area contributed by atoms with Crippen molar-refractivity contribution in [2.75, 3.05) is 5.32 Å². The van der Waals surface area contributed by atoms with Gasteiger partial charge in [0.05, 0.1) is 5.69 Å². The van der Waals surface area contributed by atoms with Gasteiger partial charge < -0.3 is 5.32 Å². The van der Waals surface area contributed by atoms with Crippen molar-refractivity contribution in [3.8, 4) is 11.3 Å². The molecule has 0 unspecified atom stereocenters. The van der Waals surface area contributed by atoms with Gasteiger partial charge in [-0.05, 0) is 18.2 Å². The number of anilines is 1. The van der Waals surface area contributed by atoms with Crippen molar-refractivity contribution in [3.05, 3.63) is 40.4 Å². The molecule has 0 aliphatic carbocycles. The number of hydrogen-bond acceptors (Lipinski definition) is 3. The van der Waals surface area contributed by atoms with Gasteiger partial charge in [0, 0.05) is 46.0 Å². The standard InChI is InChI=1S/C14H14IN3O/c1-9(2)13(19)17-11-5-3-10(4-6-11)12-7-8-16-14(15)18-12/h3-9H,1-2H3,(H,17,19). The summed E-state index contributed by atoms with van der Waals surface area (Å²) in [4.78, 5) is 20.0. The molecule has 98 valence electrons. The lowest BCUT2D eigenvalue weighted by Crippen LogP contribution is -2.17. The molecule has 0 atom stereocenters. The first-order valence-corrected chi connectivity index (χ1v) is 7.04. The van der Waals surface area contributed by atoms with Gasteiger partial charge in [-0.2, -0.15) is 0 Å². The summed E-state index contributed by atoms with van der Waals surface area (Å²) in [7, 11) is 0. The van der Waals surface area contributed by atoms with Gasteiger partial charge in [-0.1, -0.05) is 26.0 Å². The highest BCUT2D eigenvalue weighted by Crippen LogP contribution is 2.19. The fourth-order valence-corrected chi connectivity index (χ4v) is 1.93. The van der Waals surface area contributed by atoms with Gasteiger partial charge in [0.2, 0.25) is 5.91 Å². The Morgan fingerprint density at radius 3 is 2.47 bits per heavy atom. The summed E-state index contributed by atoms with van der Waals surface area (Å²) in [6.45, 7) is 3.74. The minimum absolute atomic E-state index is 0.0179. The van der Waals surface area contributed by atoms with Crippen molar-refractivity contribution in [3.63, 3.8) is 0 Å². The maximum Gasteiger partial charge on any atom is 0.226 e. The maximum atomic E-state index is 11.6. The Morgan fingerprint density at radius 1 is 1.21 bits per heavy atom. The van der Waals surface area contributed by atoms with Crippen LogP contribution in [-0.4, -0.2) is 15.9 Å². The van der Waals surface area contributed by atoms with E-state index < -0.39 is 0 Å². The first-order valence-electron chi connectivity index (χ1n) is 5.96. The Bertz CT molecular complexity index is 581. The predicted octanol–water partition coefficient (Wildman–Crippen LogP) is 3.34. The summed E-state index contributed by atoms with van der Waals surface area (Å²) < 4.78 is 0.715. The number of hydrogen-bond donors (Lipinski definition) is 1. The quantitative estimate of drug-likeness (QED) is 0.669. The number of amides is 1. The molecule has 0 saturated carbocycles. The lowest BCUT2D eigenvalue weighted by Gasteiger charge is -2.08. The number of nitrogens with zero attached hydrogens (tertiary/aromatic N) is 2. The molecule has 1 amide bonds.